The summed E-state index contributed by atoms with van der Waals surface area (Å²) in [4.78, 5) is 7.56. The van der Waals surface area contributed by atoms with Gasteiger partial charge >= 0.3 is 6.18 Å². The molecule has 1 heterocycles. The molecule has 28 heavy (non-hydrogen) atoms. The third-order valence-electron chi connectivity index (χ3n) is 3.56. The van der Waals surface area contributed by atoms with E-state index >= 15 is 0 Å². The van der Waals surface area contributed by atoms with Crippen molar-refractivity contribution in [2.75, 3.05) is 13.6 Å². The van der Waals surface area contributed by atoms with Gasteiger partial charge in [0.1, 0.15) is 11.1 Å². The number of benzene rings is 1. The van der Waals surface area contributed by atoms with Crippen molar-refractivity contribution in [2.24, 2.45) is 4.99 Å². The molecule has 2 N–H and O–H groups in total. The maximum absolute atomic E-state index is 13.7. The van der Waals surface area contributed by atoms with Gasteiger partial charge in [-0.1, -0.05) is 19.1 Å². The number of aliphatic imine (C=N–C) groups is 1. The van der Waals surface area contributed by atoms with Gasteiger partial charge in [-0.2, -0.15) is 13.2 Å². The third-order valence-corrected chi connectivity index (χ3v) is 4.40. The lowest BCUT2D eigenvalue weighted by molar-refractivity contribution is -0.140. The molecule has 1 unspecified atom stereocenters. The maximum Gasteiger partial charge on any atom is 0.434 e. The van der Waals surface area contributed by atoms with E-state index in [9.17, 15) is 17.6 Å². The van der Waals surface area contributed by atoms with E-state index in [1.54, 1.807) is 18.2 Å². The second-order valence-electron chi connectivity index (χ2n) is 5.51. The van der Waals surface area contributed by atoms with Crippen LogP contribution in [0.1, 0.15) is 24.0 Å². The number of aromatic nitrogens is 1. The second-order valence-corrected chi connectivity index (χ2v) is 6.45. The van der Waals surface area contributed by atoms with Crippen molar-refractivity contribution < 1.29 is 22.3 Å². The van der Waals surface area contributed by atoms with Crippen LogP contribution in [-0.2, 0) is 12.7 Å². The lowest BCUT2D eigenvalue weighted by Gasteiger charge is -2.20. The van der Waals surface area contributed by atoms with Gasteiger partial charge in [-0.25, -0.2) is 9.37 Å². The number of hydrogen-bond acceptors (Lipinski definition) is 4. The second kappa shape index (κ2) is 11.4. The fraction of sp³-hybridized carbons (Fsp3) is 0.412. The van der Waals surface area contributed by atoms with E-state index in [2.05, 4.69) is 20.6 Å². The van der Waals surface area contributed by atoms with Gasteiger partial charge in [0.25, 0.3) is 0 Å². The fourth-order valence-corrected chi connectivity index (χ4v) is 2.84. The summed E-state index contributed by atoms with van der Waals surface area (Å²) in [5.74, 6) is 0.105. The number of guanidine groups is 1. The molecule has 1 aromatic carbocycles. The SMILES string of the molecule is CCC(CNC(=NC)NCc1nc(C(F)(F)F)cs1)Oc1ccccc1F.I. The molecule has 2 aromatic rings. The number of alkyl halides is 3. The number of hydrogen-bond donors (Lipinski definition) is 2. The normalized spacial score (nSPS) is 12.9. The maximum atomic E-state index is 13.7. The Morgan fingerprint density at radius 3 is 2.57 bits per heavy atom. The van der Waals surface area contributed by atoms with E-state index in [-0.39, 0.29) is 42.4 Å². The molecule has 0 radical (unpaired) electrons. The number of para-hydroxylation sites is 1. The van der Waals surface area contributed by atoms with E-state index < -0.39 is 17.7 Å². The van der Waals surface area contributed by atoms with Gasteiger partial charge in [0.2, 0.25) is 0 Å². The Bertz CT molecular complexity index is 770. The third kappa shape index (κ3) is 7.41. The monoisotopic (exact) mass is 532 g/mol. The standard InChI is InChI=1S/C17H20F4N4OS.HI/c1-3-11(26-13-7-5-4-6-12(13)18)8-23-16(22-2)24-9-15-25-14(10-27-15)17(19,20)21;/h4-7,10-11H,3,8-9H2,1-2H3,(H2,22,23,24);1H. The molecule has 0 saturated carbocycles. The van der Waals surface area contributed by atoms with Gasteiger partial charge in [0.15, 0.2) is 23.2 Å². The van der Waals surface area contributed by atoms with Crippen molar-refractivity contribution in [2.45, 2.75) is 32.2 Å². The summed E-state index contributed by atoms with van der Waals surface area (Å²) < 4.78 is 57.0. The summed E-state index contributed by atoms with van der Waals surface area (Å²) in [6, 6.07) is 6.13. The molecule has 1 atom stereocenters. The van der Waals surface area contributed by atoms with Crippen LogP contribution < -0.4 is 15.4 Å². The minimum absolute atomic E-state index is 0. The first-order valence-electron chi connectivity index (χ1n) is 8.20. The largest absolute Gasteiger partial charge is 0.486 e. The summed E-state index contributed by atoms with van der Waals surface area (Å²) in [6.45, 7) is 2.35. The van der Waals surface area contributed by atoms with E-state index in [1.165, 1.54) is 13.1 Å². The zero-order valence-corrected chi connectivity index (χ0v) is 18.4. The molecular formula is C17H21F4IN4OS. The van der Waals surface area contributed by atoms with Crippen molar-refractivity contribution in [3.63, 3.8) is 0 Å². The number of halogens is 5. The van der Waals surface area contributed by atoms with Crippen LogP contribution in [0.2, 0.25) is 0 Å². The predicted octanol–water partition coefficient (Wildman–Crippen LogP) is 4.44. The molecule has 1 aromatic heterocycles. The van der Waals surface area contributed by atoms with Crippen LogP contribution in [0.4, 0.5) is 17.6 Å². The zero-order chi connectivity index (χ0) is 19.9. The first kappa shape index (κ1) is 24.4. The summed E-state index contributed by atoms with van der Waals surface area (Å²) in [6.07, 6.45) is -4.13. The molecule has 0 saturated heterocycles. The summed E-state index contributed by atoms with van der Waals surface area (Å²) in [5, 5.41) is 7.17. The smallest absolute Gasteiger partial charge is 0.434 e. The summed E-state index contributed by atoms with van der Waals surface area (Å²) >= 11 is 0.918. The van der Waals surface area contributed by atoms with Crippen LogP contribution in [0.3, 0.4) is 0 Å². The summed E-state index contributed by atoms with van der Waals surface area (Å²) in [5.41, 5.74) is -0.906. The molecule has 156 valence electrons. The van der Waals surface area contributed by atoms with Crippen LogP contribution in [-0.4, -0.2) is 30.6 Å². The Hall–Kier alpha value is -1.63. The quantitative estimate of drug-likeness (QED) is 0.240. The van der Waals surface area contributed by atoms with Crippen molar-refractivity contribution in [3.8, 4) is 5.75 Å². The van der Waals surface area contributed by atoms with Gasteiger partial charge in [-0.05, 0) is 18.6 Å². The highest BCUT2D eigenvalue weighted by molar-refractivity contribution is 14.0. The number of rotatable bonds is 7. The van der Waals surface area contributed by atoms with Gasteiger partial charge in [0, 0.05) is 12.4 Å². The van der Waals surface area contributed by atoms with Crippen molar-refractivity contribution in [3.05, 3.63) is 46.2 Å². The zero-order valence-electron chi connectivity index (χ0n) is 15.2. The number of nitrogens with zero attached hydrogens (tertiary/aromatic N) is 2. The first-order chi connectivity index (χ1) is 12.8. The minimum Gasteiger partial charge on any atom is -0.486 e. The molecule has 0 amide bonds. The fourth-order valence-electron chi connectivity index (χ4n) is 2.10. The molecule has 0 aliphatic heterocycles. The number of thiazole rings is 1. The molecule has 5 nitrogen and oxygen atoms in total. The number of ether oxygens (including phenoxy) is 1. The van der Waals surface area contributed by atoms with E-state index in [0.717, 1.165) is 16.7 Å². The molecule has 2 rings (SSSR count). The van der Waals surface area contributed by atoms with Gasteiger partial charge in [-0.15, -0.1) is 35.3 Å². The molecule has 0 spiro atoms. The molecule has 0 fully saturated rings. The molecular weight excluding hydrogens is 511 g/mol. The van der Waals surface area contributed by atoms with Crippen molar-refractivity contribution >= 4 is 41.3 Å². The Balaban J connectivity index is 0.00000392. The highest BCUT2D eigenvalue weighted by atomic mass is 127. The Labute approximate surface area is 181 Å². The lowest BCUT2D eigenvalue weighted by Crippen LogP contribution is -2.42. The van der Waals surface area contributed by atoms with Crippen LogP contribution in [0.5, 0.6) is 5.75 Å². The van der Waals surface area contributed by atoms with Crippen LogP contribution in [0.15, 0.2) is 34.6 Å². The van der Waals surface area contributed by atoms with E-state index in [4.69, 9.17) is 4.74 Å². The first-order valence-corrected chi connectivity index (χ1v) is 9.08. The van der Waals surface area contributed by atoms with Crippen LogP contribution in [0, 0.1) is 5.82 Å². The molecule has 11 heteroatoms. The minimum atomic E-state index is -4.45. The van der Waals surface area contributed by atoms with Crippen molar-refractivity contribution in [1.29, 1.82) is 0 Å². The average Bonchev–Trinajstić information content (AvgIpc) is 3.11. The highest BCUT2D eigenvalue weighted by Crippen LogP contribution is 2.29. The van der Waals surface area contributed by atoms with Crippen LogP contribution in [0.25, 0.3) is 0 Å². The number of nitrogens with one attached hydrogen (secondary N) is 2. The van der Waals surface area contributed by atoms with E-state index in [1.807, 2.05) is 6.92 Å². The molecule has 0 aliphatic rings. The summed E-state index contributed by atoms with van der Waals surface area (Å²) in [7, 11) is 1.54. The highest BCUT2D eigenvalue weighted by Gasteiger charge is 2.33. The van der Waals surface area contributed by atoms with E-state index in [0.29, 0.717) is 23.9 Å². The van der Waals surface area contributed by atoms with Crippen molar-refractivity contribution in [1.82, 2.24) is 15.6 Å². The van der Waals surface area contributed by atoms with Gasteiger partial charge in [-0.3, -0.25) is 4.99 Å². The Morgan fingerprint density at radius 2 is 2.00 bits per heavy atom. The van der Waals surface area contributed by atoms with Gasteiger partial charge < -0.3 is 15.4 Å². The van der Waals surface area contributed by atoms with Gasteiger partial charge in [0.05, 0.1) is 13.1 Å². The molecule has 0 bridgehead atoms. The average molecular weight is 532 g/mol. The Kier molecular flexibility index (Phi) is 9.93. The van der Waals surface area contributed by atoms with Crippen LogP contribution >= 0.6 is 35.3 Å². The topological polar surface area (TPSA) is 58.5 Å². The molecule has 0 aliphatic carbocycles. The lowest BCUT2D eigenvalue weighted by atomic mass is 10.2. The Morgan fingerprint density at radius 1 is 1.29 bits per heavy atom. The predicted molar refractivity (Wildman–Crippen MR) is 112 cm³/mol.